The molecule has 0 saturated heterocycles. The SMILES string of the molecule is CCCNc1cccc(Oc2ccccc2C(C)CC)n1. The normalized spacial score (nSPS) is 12.0. The molecule has 1 atom stereocenters. The smallest absolute Gasteiger partial charge is 0.221 e. The minimum absolute atomic E-state index is 0.475. The second kappa shape index (κ2) is 7.67. The van der Waals surface area contributed by atoms with Gasteiger partial charge in [-0.15, -0.1) is 0 Å². The lowest BCUT2D eigenvalue weighted by atomic mass is 9.98. The summed E-state index contributed by atoms with van der Waals surface area (Å²) in [6.45, 7) is 7.46. The fraction of sp³-hybridized carbons (Fsp3) is 0.389. The molecule has 1 N–H and O–H groups in total. The number of rotatable bonds is 7. The topological polar surface area (TPSA) is 34.1 Å². The average molecular weight is 284 g/mol. The highest BCUT2D eigenvalue weighted by atomic mass is 16.5. The van der Waals surface area contributed by atoms with E-state index < -0.39 is 0 Å². The minimum atomic E-state index is 0.475. The maximum absolute atomic E-state index is 6.00. The van der Waals surface area contributed by atoms with Crippen LogP contribution in [0, 0.1) is 0 Å². The van der Waals surface area contributed by atoms with Gasteiger partial charge in [-0.25, -0.2) is 0 Å². The zero-order chi connectivity index (χ0) is 15.1. The Morgan fingerprint density at radius 2 is 1.90 bits per heavy atom. The molecule has 1 aromatic heterocycles. The molecule has 0 fully saturated rings. The first kappa shape index (κ1) is 15.4. The molecule has 0 saturated carbocycles. The van der Waals surface area contributed by atoms with Crippen molar-refractivity contribution < 1.29 is 4.74 Å². The van der Waals surface area contributed by atoms with Crippen molar-refractivity contribution in [3.8, 4) is 11.6 Å². The number of aromatic nitrogens is 1. The summed E-state index contributed by atoms with van der Waals surface area (Å²) in [6.07, 6.45) is 2.16. The molecule has 1 aromatic carbocycles. The lowest BCUT2D eigenvalue weighted by Crippen LogP contribution is -2.02. The molecular formula is C18H24N2O. The average Bonchev–Trinajstić information content (AvgIpc) is 2.53. The van der Waals surface area contributed by atoms with Crippen LogP contribution in [0.2, 0.25) is 0 Å². The second-order valence-electron chi connectivity index (χ2n) is 5.24. The van der Waals surface area contributed by atoms with E-state index in [1.54, 1.807) is 0 Å². The third-order valence-corrected chi connectivity index (χ3v) is 3.56. The highest BCUT2D eigenvalue weighted by Gasteiger charge is 2.10. The number of nitrogens with zero attached hydrogens (tertiary/aromatic N) is 1. The predicted octanol–water partition coefficient (Wildman–Crippen LogP) is 5.21. The van der Waals surface area contributed by atoms with Gasteiger partial charge in [-0.05, 0) is 36.5 Å². The molecule has 0 spiro atoms. The maximum atomic E-state index is 6.00. The van der Waals surface area contributed by atoms with Crippen molar-refractivity contribution in [2.75, 3.05) is 11.9 Å². The molecule has 112 valence electrons. The fourth-order valence-electron chi connectivity index (χ4n) is 2.14. The van der Waals surface area contributed by atoms with Gasteiger partial charge >= 0.3 is 0 Å². The van der Waals surface area contributed by atoms with E-state index in [2.05, 4.69) is 43.2 Å². The van der Waals surface area contributed by atoms with Gasteiger partial charge in [0.2, 0.25) is 5.88 Å². The number of para-hydroxylation sites is 1. The van der Waals surface area contributed by atoms with Crippen LogP contribution in [-0.2, 0) is 0 Å². The first-order valence-electron chi connectivity index (χ1n) is 7.72. The number of pyridine rings is 1. The summed E-state index contributed by atoms with van der Waals surface area (Å²) in [4.78, 5) is 4.50. The van der Waals surface area contributed by atoms with Gasteiger partial charge in [-0.3, -0.25) is 0 Å². The Morgan fingerprint density at radius 1 is 1.10 bits per heavy atom. The summed E-state index contributed by atoms with van der Waals surface area (Å²) in [5.41, 5.74) is 1.23. The molecule has 21 heavy (non-hydrogen) atoms. The monoisotopic (exact) mass is 284 g/mol. The molecule has 1 unspecified atom stereocenters. The van der Waals surface area contributed by atoms with E-state index in [0.717, 1.165) is 31.0 Å². The van der Waals surface area contributed by atoms with E-state index in [-0.39, 0.29) is 0 Å². The summed E-state index contributed by atoms with van der Waals surface area (Å²) >= 11 is 0. The first-order chi connectivity index (χ1) is 10.2. The quantitative estimate of drug-likeness (QED) is 0.758. The van der Waals surface area contributed by atoms with E-state index in [9.17, 15) is 0 Å². The van der Waals surface area contributed by atoms with Crippen LogP contribution >= 0.6 is 0 Å². The van der Waals surface area contributed by atoms with Crippen molar-refractivity contribution in [2.24, 2.45) is 0 Å². The molecule has 3 heteroatoms. The molecule has 3 nitrogen and oxygen atoms in total. The summed E-state index contributed by atoms with van der Waals surface area (Å²) in [6, 6.07) is 14.0. The molecule has 2 rings (SSSR count). The van der Waals surface area contributed by atoms with E-state index in [1.165, 1.54) is 5.56 Å². The van der Waals surface area contributed by atoms with Crippen LogP contribution in [0.25, 0.3) is 0 Å². The third kappa shape index (κ3) is 4.22. The van der Waals surface area contributed by atoms with Crippen molar-refractivity contribution in [2.45, 2.75) is 39.5 Å². The lowest BCUT2D eigenvalue weighted by molar-refractivity contribution is 0.452. The predicted molar refractivity (Wildman–Crippen MR) is 88.2 cm³/mol. The van der Waals surface area contributed by atoms with Crippen LogP contribution in [0.1, 0.15) is 45.1 Å². The molecule has 0 bridgehead atoms. The summed E-state index contributed by atoms with van der Waals surface area (Å²) in [7, 11) is 0. The number of anilines is 1. The van der Waals surface area contributed by atoms with Crippen molar-refractivity contribution in [1.82, 2.24) is 4.98 Å². The van der Waals surface area contributed by atoms with Crippen LogP contribution in [0.3, 0.4) is 0 Å². The largest absolute Gasteiger partial charge is 0.439 e. The first-order valence-corrected chi connectivity index (χ1v) is 7.72. The van der Waals surface area contributed by atoms with Gasteiger partial charge in [0.25, 0.3) is 0 Å². The van der Waals surface area contributed by atoms with E-state index in [0.29, 0.717) is 11.8 Å². The van der Waals surface area contributed by atoms with E-state index in [4.69, 9.17) is 4.74 Å². The number of hydrogen-bond acceptors (Lipinski definition) is 3. The Labute approximate surface area is 127 Å². The van der Waals surface area contributed by atoms with E-state index >= 15 is 0 Å². The highest BCUT2D eigenvalue weighted by Crippen LogP contribution is 2.31. The van der Waals surface area contributed by atoms with Crippen LogP contribution in [-0.4, -0.2) is 11.5 Å². The van der Waals surface area contributed by atoms with Gasteiger partial charge in [0.1, 0.15) is 11.6 Å². The lowest BCUT2D eigenvalue weighted by Gasteiger charge is -2.15. The van der Waals surface area contributed by atoms with Gasteiger partial charge in [-0.2, -0.15) is 4.98 Å². The molecule has 0 aliphatic heterocycles. The Bertz CT molecular complexity index is 569. The molecule has 2 aromatic rings. The number of ether oxygens (including phenoxy) is 1. The highest BCUT2D eigenvalue weighted by molar-refractivity contribution is 5.41. The number of benzene rings is 1. The van der Waals surface area contributed by atoms with Crippen molar-refractivity contribution in [1.29, 1.82) is 0 Å². The second-order valence-corrected chi connectivity index (χ2v) is 5.24. The Hall–Kier alpha value is -2.03. The van der Waals surface area contributed by atoms with Crippen LogP contribution in [0.5, 0.6) is 11.6 Å². The van der Waals surface area contributed by atoms with Crippen LogP contribution < -0.4 is 10.1 Å². The number of nitrogens with one attached hydrogen (secondary N) is 1. The number of hydrogen-bond donors (Lipinski definition) is 1. The van der Waals surface area contributed by atoms with Gasteiger partial charge in [0.05, 0.1) is 0 Å². The summed E-state index contributed by atoms with van der Waals surface area (Å²) in [5, 5.41) is 3.28. The molecule has 0 radical (unpaired) electrons. The van der Waals surface area contributed by atoms with Crippen LogP contribution in [0.4, 0.5) is 5.82 Å². The Kier molecular flexibility index (Phi) is 5.61. The van der Waals surface area contributed by atoms with E-state index in [1.807, 2.05) is 30.3 Å². The Balaban J connectivity index is 2.18. The summed E-state index contributed by atoms with van der Waals surface area (Å²) in [5.74, 6) is 2.86. The molecule has 1 heterocycles. The molecule has 0 aliphatic rings. The van der Waals surface area contributed by atoms with Gasteiger partial charge in [0, 0.05) is 12.6 Å². The van der Waals surface area contributed by atoms with Gasteiger partial charge in [-0.1, -0.05) is 45.0 Å². The standard InChI is InChI=1S/C18H24N2O/c1-4-13-19-17-11-8-12-18(20-17)21-16-10-7-6-9-15(16)14(3)5-2/h6-12,14H,4-5,13H2,1-3H3,(H,19,20). The Morgan fingerprint density at radius 3 is 2.67 bits per heavy atom. The molecule has 0 amide bonds. The zero-order valence-corrected chi connectivity index (χ0v) is 13.1. The van der Waals surface area contributed by atoms with Crippen molar-refractivity contribution in [3.63, 3.8) is 0 Å². The molecular weight excluding hydrogens is 260 g/mol. The fourth-order valence-corrected chi connectivity index (χ4v) is 2.14. The summed E-state index contributed by atoms with van der Waals surface area (Å²) < 4.78 is 6.00. The van der Waals surface area contributed by atoms with Gasteiger partial charge < -0.3 is 10.1 Å². The van der Waals surface area contributed by atoms with Crippen molar-refractivity contribution >= 4 is 5.82 Å². The minimum Gasteiger partial charge on any atom is -0.439 e. The van der Waals surface area contributed by atoms with Crippen molar-refractivity contribution in [3.05, 3.63) is 48.0 Å². The molecule has 0 aliphatic carbocycles. The maximum Gasteiger partial charge on any atom is 0.221 e. The third-order valence-electron chi connectivity index (χ3n) is 3.56. The van der Waals surface area contributed by atoms with Gasteiger partial charge in [0.15, 0.2) is 0 Å². The zero-order valence-electron chi connectivity index (χ0n) is 13.1. The van der Waals surface area contributed by atoms with Crippen LogP contribution in [0.15, 0.2) is 42.5 Å².